The second kappa shape index (κ2) is 46.6. The molecule has 6 aromatic rings. The van der Waals surface area contributed by atoms with Crippen LogP contribution < -0.4 is 26.0 Å². The van der Waals surface area contributed by atoms with Crippen LogP contribution in [0.25, 0.3) is 11.1 Å². The van der Waals surface area contributed by atoms with Gasteiger partial charge in [-0.3, -0.25) is 43.2 Å². The Bertz CT molecular complexity index is 4120. The lowest BCUT2D eigenvalue weighted by molar-refractivity contribution is -0.149. The maximum atomic E-state index is 14.9. The van der Waals surface area contributed by atoms with Crippen LogP contribution in [0.2, 0.25) is 0 Å². The molecule has 2 aliphatic rings. The maximum absolute atomic E-state index is 14.9. The fraction of sp³-hybridized carbons (Fsp3) is 0.484. The highest BCUT2D eigenvalue weighted by Gasteiger charge is 2.45. The summed E-state index contributed by atoms with van der Waals surface area (Å²) in [6.07, 6.45) is 0.484. The molecule has 116 heavy (non-hydrogen) atoms. The van der Waals surface area contributed by atoms with Crippen LogP contribution in [-0.4, -0.2) is 176 Å². The van der Waals surface area contributed by atoms with Gasteiger partial charge in [0.2, 0.25) is 23.6 Å². The van der Waals surface area contributed by atoms with Gasteiger partial charge in [0.1, 0.15) is 31.4 Å². The molecule has 1 unspecified atom stereocenters. The number of nitrogens with one attached hydrogen (secondary N) is 2. The molecule has 0 aromatic heterocycles. The second-order valence-corrected chi connectivity index (χ2v) is 31.4. The molecule has 1 saturated heterocycles. The minimum atomic E-state index is -0.992. The van der Waals surface area contributed by atoms with Crippen molar-refractivity contribution < 1.29 is 76.7 Å². The van der Waals surface area contributed by atoms with Crippen molar-refractivity contribution in [2.45, 2.75) is 189 Å². The Balaban J connectivity index is 0.00000140. The molecule has 0 aliphatic carbocycles. The van der Waals surface area contributed by atoms with E-state index in [1.54, 1.807) is 86.3 Å². The average Bonchev–Trinajstić information content (AvgIpc) is 1.61. The number of carbonyl (C=O) groups excluding carboxylic acids is 10. The van der Waals surface area contributed by atoms with Crippen LogP contribution in [0.5, 0.6) is 5.75 Å². The van der Waals surface area contributed by atoms with Gasteiger partial charge in [-0.25, -0.2) is 9.69 Å². The number of benzene rings is 6. The smallest absolute Gasteiger partial charge is 0.410 e. The summed E-state index contributed by atoms with van der Waals surface area (Å²) in [7, 11) is 6.27. The van der Waals surface area contributed by atoms with E-state index in [9.17, 15) is 53.1 Å². The van der Waals surface area contributed by atoms with Crippen LogP contribution in [0.15, 0.2) is 181 Å². The molecule has 7 amide bonds. The van der Waals surface area contributed by atoms with Crippen molar-refractivity contribution in [2.75, 3.05) is 71.4 Å². The first kappa shape index (κ1) is 93.1. The number of likely N-dealkylation sites (tertiary alicyclic amines) is 1. The van der Waals surface area contributed by atoms with Crippen molar-refractivity contribution in [1.82, 2.24) is 20.0 Å². The summed E-state index contributed by atoms with van der Waals surface area (Å²) < 4.78 is 29.3. The molecule has 2 heterocycles. The molecule has 626 valence electrons. The number of aliphatic hydroxyl groups is 1. The molecule has 12 atom stereocenters. The third-order valence-electron chi connectivity index (χ3n) is 22.5. The van der Waals surface area contributed by atoms with Crippen molar-refractivity contribution in [3.8, 4) is 16.9 Å². The van der Waals surface area contributed by atoms with Gasteiger partial charge < -0.3 is 59.9 Å². The van der Waals surface area contributed by atoms with E-state index in [1.807, 2.05) is 128 Å². The van der Waals surface area contributed by atoms with Gasteiger partial charge in [-0.15, -0.1) is 0 Å². The van der Waals surface area contributed by atoms with E-state index >= 15 is 0 Å². The maximum Gasteiger partial charge on any atom is 0.410 e. The number of unbranched alkanes of at least 4 members (excludes halogenated alkanes) is 1. The number of nitrogens with two attached hydrogens (primary N) is 1. The van der Waals surface area contributed by atoms with Crippen molar-refractivity contribution >= 4 is 70.3 Å². The summed E-state index contributed by atoms with van der Waals surface area (Å²) in [6, 6.07) is 49.4. The Kier molecular flexibility index (Phi) is 37.4. The SMILES string of the molecule is CCC(C)[C@@H]([C@@H](CC(=O)N1CCC[C@H]1[C@H](OC)[C@@H](C)C(=O)C[C@H](C)[C@@H](O)c1ccccc1)OC)N(C)C(=O)[C@@H](CC(=O)[C@H](C(C)C)N(C)C(=O)OCc1ccc(NC(=O)[C@H](CCCCN)CC(=O)[C@H](Cc2ccccc2)NC(=O)COCCOc2ccc(N3C(=O)C(C)=C(C)C3=O)cc2)cc1)C(C)C.c1ccc(-c2ccccc2)cc1. The van der Waals surface area contributed by atoms with E-state index in [2.05, 4.69) is 59.2 Å². The summed E-state index contributed by atoms with van der Waals surface area (Å²) >= 11 is 0. The summed E-state index contributed by atoms with van der Waals surface area (Å²) in [6.45, 7) is 18.7. The molecule has 8 rings (SSSR count). The van der Waals surface area contributed by atoms with E-state index in [0.29, 0.717) is 85.4 Å². The number of Topliss-reactive ketones (excluding diaryl/α,β-unsaturated/α-hetero) is 3. The number of anilines is 2. The lowest BCUT2D eigenvalue weighted by Gasteiger charge is -2.41. The monoisotopic (exact) mass is 1590 g/mol. The van der Waals surface area contributed by atoms with Crippen LogP contribution in [0.4, 0.5) is 16.2 Å². The van der Waals surface area contributed by atoms with Crippen LogP contribution in [0, 0.1) is 41.4 Å². The van der Waals surface area contributed by atoms with Gasteiger partial charge in [0.15, 0.2) is 11.6 Å². The molecule has 0 saturated carbocycles. The lowest BCUT2D eigenvalue weighted by atomic mass is 9.83. The minimum Gasteiger partial charge on any atom is -0.491 e. The third-order valence-corrected chi connectivity index (χ3v) is 22.5. The molecule has 0 spiro atoms. The number of methoxy groups -OCH3 is 2. The van der Waals surface area contributed by atoms with Gasteiger partial charge in [0.05, 0.1) is 61.2 Å². The van der Waals surface area contributed by atoms with Gasteiger partial charge in [-0.1, -0.05) is 202 Å². The number of likely N-dealkylation sites (N-methyl/N-ethyl adjacent to an activating group) is 2. The number of carbonyl (C=O) groups is 10. The number of ether oxygens (including phenoxy) is 5. The number of nitrogens with zero attached hydrogens (tertiary/aromatic N) is 4. The second-order valence-electron chi connectivity index (χ2n) is 31.4. The molecule has 6 aromatic carbocycles. The zero-order valence-corrected chi connectivity index (χ0v) is 70.2. The number of hydrogen-bond donors (Lipinski definition) is 4. The molecule has 0 radical (unpaired) electrons. The van der Waals surface area contributed by atoms with Gasteiger partial charge in [0.25, 0.3) is 11.8 Å². The fourth-order valence-electron chi connectivity index (χ4n) is 15.4. The number of hydrogen-bond acceptors (Lipinski definition) is 17. The number of rotatable bonds is 44. The highest BCUT2D eigenvalue weighted by atomic mass is 16.6. The van der Waals surface area contributed by atoms with E-state index in [-0.39, 0.29) is 129 Å². The normalized spacial score (nSPS) is 16.3. The van der Waals surface area contributed by atoms with Gasteiger partial charge in [0, 0.05) is 88.7 Å². The summed E-state index contributed by atoms with van der Waals surface area (Å²) in [4.78, 5) is 145. The molecule has 5 N–H and O–H groups in total. The Morgan fingerprint density at radius 1 is 0.629 bits per heavy atom. The van der Waals surface area contributed by atoms with E-state index in [4.69, 9.17) is 29.4 Å². The van der Waals surface area contributed by atoms with Crippen LogP contribution >= 0.6 is 0 Å². The van der Waals surface area contributed by atoms with Crippen molar-refractivity contribution in [3.05, 3.63) is 198 Å². The average molecular weight is 1600 g/mol. The molecule has 23 nitrogen and oxygen atoms in total. The van der Waals surface area contributed by atoms with Gasteiger partial charge >= 0.3 is 6.09 Å². The molecular weight excluding hydrogens is 1470 g/mol. The zero-order chi connectivity index (χ0) is 84.7. The topological polar surface area (TPSA) is 300 Å². The van der Waals surface area contributed by atoms with E-state index in [0.717, 1.165) is 16.0 Å². The molecule has 2 aliphatic heterocycles. The Hall–Kier alpha value is -10.0. The van der Waals surface area contributed by atoms with Crippen LogP contribution in [-0.2, 0) is 75.1 Å². The van der Waals surface area contributed by atoms with Crippen molar-refractivity contribution in [2.24, 2.45) is 47.2 Å². The van der Waals surface area contributed by atoms with Crippen LogP contribution in [0.3, 0.4) is 0 Å². The first-order valence-corrected chi connectivity index (χ1v) is 40.8. The summed E-state index contributed by atoms with van der Waals surface area (Å²) in [5, 5.41) is 16.8. The van der Waals surface area contributed by atoms with Crippen molar-refractivity contribution in [1.29, 1.82) is 0 Å². The van der Waals surface area contributed by atoms with Gasteiger partial charge in [-0.05, 0) is 140 Å². The molecule has 23 heteroatoms. The zero-order valence-electron chi connectivity index (χ0n) is 70.2. The molecule has 0 bridgehead atoms. The molecule has 1 fully saturated rings. The number of aliphatic hydroxyl groups excluding tert-OH is 1. The quantitative estimate of drug-likeness (QED) is 0.0204. The van der Waals surface area contributed by atoms with Gasteiger partial charge in [-0.2, -0.15) is 0 Å². The summed E-state index contributed by atoms with van der Waals surface area (Å²) in [5.41, 5.74) is 12.1. The predicted molar refractivity (Wildman–Crippen MR) is 450 cm³/mol. The first-order chi connectivity index (χ1) is 55.5. The number of imide groups is 1. The number of ketones is 3. The van der Waals surface area contributed by atoms with E-state index < -0.39 is 72.1 Å². The lowest BCUT2D eigenvalue weighted by Crippen LogP contribution is -2.54. The minimum absolute atomic E-state index is 0.0272. The first-order valence-electron chi connectivity index (χ1n) is 40.8. The van der Waals surface area contributed by atoms with Crippen LogP contribution in [0.1, 0.15) is 156 Å². The number of amides is 7. The van der Waals surface area contributed by atoms with Crippen molar-refractivity contribution in [3.63, 3.8) is 0 Å². The standard InChI is InChI=1S/C81H113N7O16.C12H10/c1-15-52(6)74(70(100-13)47-72(93)87-40-24-30-66(87)76(101-14)56(10)67(89)43-53(7)75(94)59-27-20-17-21-28-59)85(11)80(98)64(50(2)3)46-69(91)73(51(4)5)86(12)81(99)104-48-58-31-33-61(34-32-58)83-77(95)60(29-22-23-39-82)45-68(90)65(44-57-25-18-16-19-26-57)84-71(92)49-102-41-42-103-63-37-35-62(36-38-63)88-78(96)54(8)55(9)79(88)97;1-3-7-11(8-4-1)12-9-5-2-6-10-12/h16-21,25-28,31-38,50-53,56,60,64-66,70,73-76,94H,15,22-24,29-30,39-49,82H2,1-14H3,(H,83,95)(H,84,92);1-10H/t52?,53-,56-,60+,64-,65-,66-,70+,73-,74-,75+,76+;/m0./s1. The Morgan fingerprint density at radius 2 is 1.22 bits per heavy atom. The van der Waals surface area contributed by atoms with E-state index in [1.165, 1.54) is 30.2 Å². The predicted octanol–water partition coefficient (Wildman–Crippen LogP) is 13.8. The highest BCUT2D eigenvalue weighted by molar-refractivity contribution is 6.32. The fourth-order valence-corrected chi connectivity index (χ4v) is 15.4. The Morgan fingerprint density at radius 3 is 1.77 bits per heavy atom. The largest absolute Gasteiger partial charge is 0.491 e. The third kappa shape index (κ3) is 26.5. The summed E-state index contributed by atoms with van der Waals surface area (Å²) in [5.74, 6) is -5.79. The Labute approximate surface area is 685 Å². The highest BCUT2D eigenvalue weighted by Crippen LogP contribution is 2.35. The molecular formula is C93H123N7O16.